The van der Waals surface area contributed by atoms with Crippen molar-refractivity contribution in [3.63, 3.8) is 0 Å². The minimum Gasteiger partial charge on any atom is -0.350 e. The van der Waals surface area contributed by atoms with E-state index in [1.807, 2.05) is 0 Å². The number of halogens is 1. The summed E-state index contributed by atoms with van der Waals surface area (Å²) >= 11 is 5.92. The molecule has 4 amide bonds. The minimum atomic E-state index is -0.483. The van der Waals surface area contributed by atoms with E-state index in [0.29, 0.717) is 10.7 Å². The van der Waals surface area contributed by atoms with Gasteiger partial charge in [-0.3, -0.25) is 14.5 Å². The lowest BCUT2D eigenvalue weighted by Gasteiger charge is -2.11. The summed E-state index contributed by atoms with van der Waals surface area (Å²) in [6, 6.07) is 8.03. The standard InChI is InChI=1S/C15H13ClN4O4/c16-10-3-1-2-9(6-10)11-7-12(24-19-11)14(22)17-4-5-20-13(21)8-18-15(20)23/h1-3,6-7H,4-5,8H2,(H,17,22)(H,18,23). The van der Waals surface area contributed by atoms with Crippen LogP contribution in [0.4, 0.5) is 4.79 Å². The van der Waals surface area contributed by atoms with Gasteiger partial charge in [0.25, 0.3) is 5.91 Å². The second-order valence-electron chi connectivity index (χ2n) is 5.05. The Balaban J connectivity index is 1.58. The molecule has 2 N–H and O–H groups in total. The van der Waals surface area contributed by atoms with Crippen molar-refractivity contribution in [2.75, 3.05) is 19.6 Å². The number of benzene rings is 1. The van der Waals surface area contributed by atoms with Crippen molar-refractivity contribution < 1.29 is 18.9 Å². The number of amides is 4. The first-order valence-corrected chi connectivity index (χ1v) is 7.51. The van der Waals surface area contributed by atoms with E-state index in [9.17, 15) is 14.4 Å². The Labute approximate surface area is 141 Å². The highest BCUT2D eigenvalue weighted by Gasteiger charge is 2.27. The lowest BCUT2D eigenvalue weighted by Crippen LogP contribution is -2.38. The van der Waals surface area contributed by atoms with Gasteiger partial charge in [0.2, 0.25) is 11.7 Å². The number of hydrogen-bond donors (Lipinski definition) is 2. The van der Waals surface area contributed by atoms with Gasteiger partial charge >= 0.3 is 6.03 Å². The lowest BCUT2D eigenvalue weighted by atomic mass is 10.1. The van der Waals surface area contributed by atoms with Crippen molar-refractivity contribution in [3.05, 3.63) is 41.1 Å². The molecule has 2 heterocycles. The smallest absolute Gasteiger partial charge is 0.324 e. The van der Waals surface area contributed by atoms with Gasteiger partial charge in [-0.25, -0.2) is 4.79 Å². The summed E-state index contributed by atoms with van der Waals surface area (Å²) in [7, 11) is 0. The first kappa shape index (κ1) is 16.0. The van der Waals surface area contributed by atoms with Gasteiger partial charge in [0.1, 0.15) is 5.69 Å². The zero-order chi connectivity index (χ0) is 17.1. The van der Waals surface area contributed by atoms with Crippen molar-refractivity contribution in [2.45, 2.75) is 0 Å². The van der Waals surface area contributed by atoms with E-state index in [4.69, 9.17) is 16.1 Å². The maximum Gasteiger partial charge on any atom is 0.324 e. The molecule has 0 saturated carbocycles. The van der Waals surface area contributed by atoms with E-state index in [0.717, 1.165) is 10.5 Å². The average Bonchev–Trinajstić information content (AvgIpc) is 3.17. The number of nitrogens with one attached hydrogen (secondary N) is 2. The van der Waals surface area contributed by atoms with Crippen LogP contribution in [0.1, 0.15) is 10.6 Å². The molecule has 3 rings (SSSR count). The molecule has 0 aliphatic carbocycles. The third-order valence-corrected chi connectivity index (χ3v) is 3.65. The number of hydrogen-bond acceptors (Lipinski definition) is 5. The summed E-state index contributed by atoms with van der Waals surface area (Å²) in [6.07, 6.45) is 0. The second kappa shape index (κ2) is 6.71. The molecule has 1 aromatic carbocycles. The number of nitrogens with zero attached hydrogens (tertiary/aromatic N) is 2. The topological polar surface area (TPSA) is 105 Å². The molecule has 2 aromatic rings. The van der Waals surface area contributed by atoms with Gasteiger partial charge < -0.3 is 15.2 Å². The highest BCUT2D eigenvalue weighted by Crippen LogP contribution is 2.22. The Kier molecular flexibility index (Phi) is 4.48. The molecular formula is C15H13ClN4O4. The lowest BCUT2D eigenvalue weighted by molar-refractivity contribution is -0.124. The van der Waals surface area contributed by atoms with Crippen molar-refractivity contribution in [1.82, 2.24) is 20.7 Å². The molecule has 0 atom stereocenters. The molecule has 1 saturated heterocycles. The van der Waals surface area contributed by atoms with Crippen LogP contribution in [0.25, 0.3) is 11.3 Å². The molecule has 0 radical (unpaired) electrons. The average molecular weight is 349 g/mol. The molecule has 0 spiro atoms. The van der Waals surface area contributed by atoms with E-state index < -0.39 is 11.9 Å². The number of rotatable bonds is 5. The quantitative estimate of drug-likeness (QED) is 0.792. The molecule has 1 fully saturated rings. The Hall–Kier alpha value is -2.87. The summed E-state index contributed by atoms with van der Waals surface area (Å²) in [4.78, 5) is 35.8. The van der Waals surface area contributed by atoms with Gasteiger partial charge in [0.05, 0.1) is 6.54 Å². The molecule has 1 aromatic heterocycles. The predicted molar refractivity (Wildman–Crippen MR) is 84.4 cm³/mol. The van der Waals surface area contributed by atoms with Crippen LogP contribution < -0.4 is 10.6 Å². The number of aromatic nitrogens is 1. The van der Waals surface area contributed by atoms with Crippen LogP contribution in [0.2, 0.25) is 5.02 Å². The predicted octanol–water partition coefficient (Wildman–Crippen LogP) is 1.28. The van der Waals surface area contributed by atoms with Crippen molar-refractivity contribution in [3.8, 4) is 11.3 Å². The van der Waals surface area contributed by atoms with Crippen molar-refractivity contribution >= 4 is 29.4 Å². The maximum absolute atomic E-state index is 12.0. The van der Waals surface area contributed by atoms with Crippen molar-refractivity contribution in [1.29, 1.82) is 0 Å². The largest absolute Gasteiger partial charge is 0.350 e. The van der Waals surface area contributed by atoms with Crippen LogP contribution in [-0.2, 0) is 4.79 Å². The molecule has 1 aliphatic rings. The second-order valence-corrected chi connectivity index (χ2v) is 5.48. The Bertz CT molecular complexity index is 788. The van der Waals surface area contributed by atoms with Gasteiger partial charge in [0.15, 0.2) is 0 Å². The van der Waals surface area contributed by atoms with E-state index in [-0.39, 0.29) is 31.3 Å². The van der Waals surface area contributed by atoms with E-state index in [1.54, 1.807) is 24.3 Å². The Morgan fingerprint density at radius 2 is 2.21 bits per heavy atom. The highest BCUT2D eigenvalue weighted by molar-refractivity contribution is 6.30. The van der Waals surface area contributed by atoms with Gasteiger partial charge in [-0.1, -0.05) is 28.9 Å². The van der Waals surface area contributed by atoms with Gasteiger partial charge in [-0.2, -0.15) is 0 Å². The normalized spacial score (nSPS) is 14.0. The Morgan fingerprint density at radius 3 is 2.92 bits per heavy atom. The number of carbonyl (C=O) groups excluding carboxylic acids is 3. The molecule has 1 aliphatic heterocycles. The van der Waals surface area contributed by atoms with Gasteiger partial charge in [0, 0.05) is 29.7 Å². The minimum absolute atomic E-state index is 0.0160. The SMILES string of the molecule is O=C(NCCN1C(=O)CNC1=O)c1cc(-c2cccc(Cl)c2)no1. The van der Waals surface area contributed by atoms with Crippen LogP contribution in [-0.4, -0.2) is 47.5 Å². The molecular weight excluding hydrogens is 336 g/mol. The Morgan fingerprint density at radius 1 is 1.38 bits per heavy atom. The van der Waals surface area contributed by atoms with Crippen LogP contribution >= 0.6 is 11.6 Å². The van der Waals surface area contributed by atoms with Crippen LogP contribution in [0.15, 0.2) is 34.9 Å². The van der Waals surface area contributed by atoms with Crippen LogP contribution in [0, 0.1) is 0 Å². The van der Waals surface area contributed by atoms with E-state index >= 15 is 0 Å². The van der Waals surface area contributed by atoms with E-state index in [1.165, 1.54) is 6.07 Å². The van der Waals surface area contributed by atoms with Crippen LogP contribution in [0.3, 0.4) is 0 Å². The molecule has 8 nitrogen and oxygen atoms in total. The zero-order valence-corrected chi connectivity index (χ0v) is 13.2. The summed E-state index contributed by atoms with van der Waals surface area (Å²) < 4.78 is 5.02. The molecule has 0 unspecified atom stereocenters. The number of urea groups is 1. The fourth-order valence-corrected chi connectivity index (χ4v) is 2.41. The highest BCUT2D eigenvalue weighted by atomic mass is 35.5. The molecule has 0 bridgehead atoms. The summed E-state index contributed by atoms with van der Waals surface area (Å²) in [5, 5.41) is 9.36. The third kappa shape index (κ3) is 3.38. The first-order chi connectivity index (χ1) is 11.5. The number of imide groups is 1. The third-order valence-electron chi connectivity index (χ3n) is 3.41. The van der Waals surface area contributed by atoms with Gasteiger partial charge in [-0.15, -0.1) is 0 Å². The first-order valence-electron chi connectivity index (χ1n) is 7.13. The summed E-state index contributed by atoms with van der Waals surface area (Å²) in [5.41, 5.74) is 1.21. The zero-order valence-electron chi connectivity index (χ0n) is 12.4. The monoisotopic (exact) mass is 348 g/mol. The fourth-order valence-electron chi connectivity index (χ4n) is 2.22. The van der Waals surface area contributed by atoms with Crippen LogP contribution in [0.5, 0.6) is 0 Å². The molecule has 124 valence electrons. The summed E-state index contributed by atoms with van der Waals surface area (Å²) in [6.45, 7) is 0.189. The number of carbonyl (C=O) groups is 3. The van der Waals surface area contributed by atoms with E-state index in [2.05, 4.69) is 15.8 Å². The molecule has 9 heteroatoms. The summed E-state index contributed by atoms with van der Waals surface area (Å²) in [5.74, 6) is -0.776. The fraction of sp³-hybridized carbons (Fsp3) is 0.200. The van der Waals surface area contributed by atoms with Gasteiger partial charge in [-0.05, 0) is 12.1 Å². The van der Waals surface area contributed by atoms with Crippen molar-refractivity contribution in [2.24, 2.45) is 0 Å². The molecule has 24 heavy (non-hydrogen) atoms. The maximum atomic E-state index is 12.0.